The Kier molecular flexibility index (Phi) is 5.75. The number of hydrogen-bond donors (Lipinski definition) is 1. The molecule has 1 saturated heterocycles. The predicted octanol–water partition coefficient (Wildman–Crippen LogP) is 1.68. The van der Waals surface area contributed by atoms with Crippen LogP contribution in [0.15, 0.2) is 18.3 Å². The number of carboxylic acids is 1. The van der Waals surface area contributed by atoms with E-state index in [0.29, 0.717) is 5.82 Å². The number of pyridine rings is 1. The zero-order chi connectivity index (χ0) is 15.9. The van der Waals surface area contributed by atoms with Crippen LogP contribution < -0.4 is 4.90 Å². The van der Waals surface area contributed by atoms with Crippen LogP contribution in [-0.4, -0.2) is 53.0 Å². The summed E-state index contributed by atoms with van der Waals surface area (Å²) in [6, 6.07) is 3.75. The van der Waals surface area contributed by atoms with Gasteiger partial charge < -0.3 is 14.9 Å². The Bertz CT molecular complexity index is 510. The lowest BCUT2D eigenvalue weighted by molar-refractivity contribution is -0.137. The minimum absolute atomic E-state index is 0.0111. The predicted molar refractivity (Wildman–Crippen MR) is 83.9 cm³/mol. The van der Waals surface area contributed by atoms with Gasteiger partial charge in [-0.1, -0.05) is 6.07 Å². The Morgan fingerprint density at radius 1 is 1.27 bits per heavy atom. The van der Waals surface area contributed by atoms with Crippen LogP contribution in [0.5, 0.6) is 0 Å². The van der Waals surface area contributed by atoms with Crippen molar-refractivity contribution in [2.45, 2.75) is 32.6 Å². The SMILES string of the molecule is Cc1ccc(N(CCC(=O)O)CC(=O)N2CCCCC2)nc1. The van der Waals surface area contributed by atoms with Crippen molar-refractivity contribution in [2.24, 2.45) is 0 Å². The van der Waals surface area contributed by atoms with Crippen molar-refractivity contribution in [2.75, 3.05) is 31.1 Å². The van der Waals surface area contributed by atoms with Gasteiger partial charge >= 0.3 is 5.97 Å². The smallest absolute Gasteiger partial charge is 0.305 e. The van der Waals surface area contributed by atoms with E-state index in [1.54, 1.807) is 11.1 Å². The quantitative estimate of drug-likeness (QED) is 0.865. The number of aromatic nitrogens is 1. The van der Waals surface area contributed by atoms with E-state index < -0.39 is 5.97 Å². The van der Waals surface area contributed by atoms with Gasteiger partial charge in [-0.2, -0.15) is 0 Å². The van der Waals surface area contributed by atoms with Gasteiger partial charge in [-0.05, 0) is 37.8 Å². The standard InChI is InChI=1S/C16H23N3O3/c1-13-5-6-14(17-11-13)19(10-7-16(21)22)12-15(20)18-8-3-2-4-9-18/h5-6,11H,2-4,7-10,12H2,1H3,(H,21,22). The third-order valence-electron chi connectivity index (χ3n) is 3.85. The molecule has 0 aromatic carbocycles. The summed E-state index contributed by atoms with van der Waals surface area (Å²) in [4.78, 5) is 31.2. The number of carboxylic acid groups (broad SMARTS) is 1. The third-order valence-corrected chi connectivity index (χ3v) is 3.85. The van der Waals surface area contributed by atoms with Crippen molar-refractivity contribution >= 4 is 17.7 Å². The Morgan fingerprint density at radius 2 is 2.00 bits per heavy atom. The van der Waals surface area contributed by atoms with E-state index in [9.17, 15) is 9.59 Å². The van der Waals surface area contributed by atoms with Gasteiger partial charge in [0, 0.05) is 25.8 Å². The molecule has 1 N–H and O–H groups in total. The van der Waals surface area contributed by atoms with Crippen LogP contribution in [0.3, 0.4) is 0 Å². The summed E-state index contributed by atoms with van der Waals surface area (Å²) in [5.41, 5.74) is 1.03. The van der Waals surface area contributed by atoms with Gasteiger partial charge in [0.15, 0.2) is 0 Å². The van der Waals surface area contributed by atoms with Crippen LogP contribution >= 0.6 is 0 Å². The fourth-order valence-corrected chi connectivity index (χ4v) is 2.56. The second kappa shape index (κ2) is 7.77. The second-order valence-corrected chi connectivity index (χ2v) is 5.70. The van der Waals surface area contributed by atoms with Crippen LogP contribution in [0.1, 0.15) is 31.2 Å². The molecule has 1 aliphatic heterocycles. The molecule has 0 bridgehead atoms. The Balaban J connectivity index is 2.04. The average Bonchev–Trinajstić information content (AvgIpc) is 2.53. The van der Waals surface area contributed by atoms with E-state index in [1.165, 1.54) is 6.42 Å². The maximum absolute atomic E-state index is 12.4. The van der Waals surface area contributed by atoms with Crippen molar-refractivity contribution in [3.05, 3.63) is 23.9 Å². The molecule has 0 saturated carbocycles. The summed E-state index contributed by atoms with van der Waals surface area (Å²) in [6.07, 6.45) is 4.98. The first kappa shape index (κ1) is 16.3. The molecule has 0 atom stereocenters. The molecular formula is C16H23N3O3. The number of hydrogen-bond acceptors (Lipinski definition) is 4. The second-order valence-electron chi connectivity index (χ2n) is 5.70. The lowest BCUT2D eigenvalue weighted by Crippen LogP contribution is -2.43. The monoisotopic (exact) mass is 305 g/mol. The number of piperidine rings is 1. The molecule has 6 nitrogen and oxygen atoms in total. The summed E-state index contributed by atoms with van der Waals surface area (Å²) in [6.45, 7) is 4.01. The first-order valence-corrected chi connectivity index (χ1v) is 7.73. The molecule has 2 rings (SSSR count). The molecule has 1 aliphatic rings. The Morgan fingerprint density at radius 3 is 2.59 bits per heavy atom. The molecule has 1 aromatic rings. The molecule has 1 aromatic heterocycles. The van der Waals surface area contributed by atoms with Crippen LogP contribution in [0.4, 0.5) is 5.82 Å². The van der Waals surface area contributed by atoms with Crippen molar-refractivity contribution in [3.63, 3.8) is 0 Å². The highest BCUT2D eigenvalue weighted by Gasteiger charge is 2.20. The molecule has 0 aliphatic carbocycles. The highest BCUT2D eigenvalue weighted by molar-refractivity contribution is 5.81. The summed E-state index contributed by atoms with van der Waals surface area (Å²) in [5, 5.41) is 8.89. The Labute approximate surface area is 130 Å². The normalized spacial score (nSPS) is 14.7. The van der Waals surface area contributed by atoms with Gasteiger partial charge in [0.05, 0.1) is 13.0 Å². The molecule has 2 heterocycles. The van der Waals surface area contributed by atoms with Gasteiger partial charge in [-0.15, -0.1) is 0 Å². The number of carbonyl (C=O) groups is 2. The zero-order valence-corrected chi connectivity index (χ0v) is 13.0. The van der Waals surface area contributed by atoms with Crippen LogP contribution in [0.25, 0.3) is 0 Å². The molecule has 22 heavy (non-hydrogen) atoms. The van der Waals surface area contributed by atoms with Crippen LogP contribution in [0, 0.1) is 6.92 Å². The number of aryl methyl sites for hydroxylation is 1. The molecule has 120 valence electrons. The number of nitrogens with zero attached hydrogens (tertiary/aromatic N) is 3. The number of carbonyl (C=O) groups excluding carboxylic acids is 1. The topological polar surface area (TPSA) is 73.7 Å². The molecule has 1 fully saturated rings. The Hall–Kier alpha value is -2.11. The average molecular weight is 305 g/mol. The number of likely N-dealkylation sites (tertiary alicyclic amines) is 1. The minimum atomic E-state index is -0.873. The molecule has 0 unspecified atom stereocenters. The fourth-order valence-electron chi connectivity index (χ4n) is 2.56. The first-order chi connectivity index (χ1) is 10.6. The van der Waals surface area contributed by atoms with Gasteiger partial charge in [0.25, 0.3) is 0 Å². The van der Waals surface area contributed by atoms with Crippen molar-refractivity contribution in [1.82, 2.24) is 9.88 Å². The van der Waals surface area contributed by atoms with E-state index in [-0.39, 0.29) is 25.4 Å². The fraction of sp³-hybridized carbons (Fsp3) is 0.562. The maximum atomic E-state index is 12.4. The summed E-state index contributed by atoms with van der Waals surface area (Å²) in [5.74, 6) is -0.174. The van der Waals surface area contributed by atoms with Crippen molar-refractivity contribution in [3.8, 4) is 0 Å². The minimum Gasteiger partial charge on any atom is -0.481 e. The molecular weight excluding hydrogens is 282 g/mol. The molecule has 0 spiro atoms. The number of anilines is 1. The zero-order valence-electron chi connectivity index (χ0n) is 13.0. The summed E-state index contributed by atoms with van der Waals surface area (Å²) >= 11 is 0. The molecule has 1 amide bonds. The summed E-state index contributed by atoms with van der Waals surface area (Å²) < 4.78 is 0. The van der Waals surface area contributed by atoms with Crippen molar-refractivity contribution in [1.29, 1.82) is 0 Å². The van der Waals surface area contributed by atoms with Gasteiger partial charge in [0.2, 0.25) is 5.91 Å². The lowest BCUT2D eigenvalue weighted by atomic mass is 10.1. The van der Waals surface area contributed by atoms with Gasteiger partial charge in [-0.25, -0.2) is 4.98 Å². The number of aliphatic carboxylic acids is 1. The largest absolute Gasteiger partial charge is 0.481 e. The summed E-state index contributed by atoms with van der Waals surface area (Å²) in [7, 11) is 0. The van der Waals surface area contributed by atoms with Gasteiger partial charge in [-0.3, -0.25) is 9.59 Å². The van der Waals surface area contributed by atoms with E-state index in [0.717, 1.165) is 31.5 Å². The maximum Gasteiger partial charge on any atom is 0.305 e. The molecule has 0 radical (unpaired) electrons. The lowest BCUT2D eigenvalue weighted by Gasteiger charge is -2.30. The first-order valence-electron chi connectivity index (χ1n) is 7.73. The molecule has 6 heteroatoms. The van der Waals surface area contributed by atoms with E-state index in [1.807, 2.05) is 24.0 Å². The van der Waals surface area contributed by atoms with E-state index in [2.05, 4.69) is 4.98 Å². The highest BCUT2D eigenvalue weighted by Crippen LogP contribution is 2.14. The van der Waals surface area contributed by atoms with E-state index >= 15 is 0 Å². The number of amides is 1. The van der Waals surface area contributed by atoms with Crippen LogP contribution in [0.2, 0.25) is 0 Å². The van der Waals surface area contributed by atoms with Crippen molar-refractivity contribution < 1.29 is 14.7 Å². The van der Waals surface area contributed by atoms with E-state index in [4.69, 9.17) is 5.11 Å². The highest BCUT2D eigenvalue weighted by atomic mass is 16.4. The van der Waals surface area contributed by atoms with Gasteiger partial charge in [0.1, 0.15) is 5.82 Å². The third kappa shape index (κ3) is 4.72. The van der Waals surface area contributed by atoms with Crippen LogP contribution in [-0.2, 0) is 9.59 Å². The number of rotatable bonds is 6.